The second-order valence-electron chi connectivity index (χ2n) is 3.05. The molecule has 1 aliphatic rings. The van der Waals surface area contributed by atoms with Crippen LogP contribution in [-0.2, 0) is 9.53 Å². The Kier molecular flexibility index (Phi) is 3.62. The zero-order valence-electron chi connectivity index (χ0n) is 7.21. The van der Waals surface area contributed by atoms with Crippen LogP contribution >= 0.6 is 0 Å². The van der Waals surface area contributed by atoms with Gasteiger partial charge in [0, 0.05) is 0 Å². The Hall–Kier alpha value is -1.01. The summed E-state index contributed by atoms with van der Waals surface area (Å²) in [5, 5.41) is 0. The van der Waals surface area contributed by atoms with Crippen molar-refractivity contribution < 1.29 is 9.53 Å². The van der Waals surface area contributed by atoms with E-state index in [0.717, 1.165) is 12.8 Å². The molecule has 66 valence electrons. The molecule has 0 aromatic rings. The highest BCUT2D eigenvalue weighted by molar-refractivity contribution is 5.81. The maximum atomic E-state index is 10.9. The van der Waals surface area contributed by atoms with Gasteiger partial charge in [-0.1, -0.05) is 13.0 Å². The molecule has 1 rings (SSSR count). The predicted molar refractivity (Wildman–Crippen MR) is 46.7 cm³/mol. The van der Waals surface area contributed by atoms with Gasteiger partial charge in [-0.05, 0) is 25.7 Å². The third-order valence-electron chi connectivity index (χ3n) is 2.05. The van der Waals surface area contributed by atoms with Crippen molar-refractivity contribution in [2.45, 2.75) is 38.2 Å². The Bertz CT molecular complexity index is 196. The van der Waals surface area contributed by atoms with Gasteiger partial charge in [-0.15, -0.1) is 5.73 Å². The smallest absolute Gasteiger partial charge is 0.338 e. The Labute approximate surface area is 72.9 Å². The monoisotopic (exact) mass is 166 g/mol. The predicted octanol–water partition coefficient (Wildman–Crippen LogP) is 2.20. The molecule has 12 heavy (non-hydrogen) atoms. The highest BCUT2D eigenvalue weighted by Gasteiger charge is 2.15. The van der Waals surface area contributed by atoms with E-state index in [4.69, 9.17) is 4.74 Å². The van der Waals surface area contributed by atoms with E-state index >= 15 is 0 Å². The summed E-state index contributed by atoms with van der Waals surface area (Å²) in [6.07, 6.45) is 7.02. The summed E-state index contributed by atoms with van der Waals surface area (Å²) < 4.78 is 5.13. The Morgan fingerprint density at radius 3 is 2.67 bits per heavy atom. The molecule has 0 aromatic heterocycles. The highest BCUT2D eigenvalue weighted by atomic mass is 16.5. The van der Waals surface area contributed by atoms with Crippen LogP contribution in [0.1, 0.15) is 32.1 Å². The van der Waals surface area contributed by atoms with Crippen LogP contribution in [-0.4, -0.2) is 12.1 Å². The Morgan fingerprint density at radius 1 is 1.42 bits per heavy atom. The summed E-state index contributed by atoms with van der Waals surface area (Å²) in [7, 11) is 0. The van der Waals surface area contributed by atoms with Gasteiger partial charge in [-0.25, -0.2) is 4.79 Å². The lowest BCUT2D eigenvalue weighted by molar-refractivity contribution is -0.144. The maximum Gasteiger partial charge on any atom is 0.338 e. The molecular weight excluding hydrogens is 152 g/mol. The van der Waals surface area contributed by atoms with Crippen molar-refractivity contribution in [2.75, 3.05) is 0 Å². The first-order chi connectivity index (χ1) is 5.83. The van der Waals surface area contributed by atoms with Crippen molar-refractivity contribution in [2.24, 2.45) is 0 Å². The van der Waals surface area contributed by atoms with Crippen molar-refractivity contribution in [3.8, 4) is 0 Å². The van der Waals surface area contributed by atoms with Crippen LogP contribution < -0.4 is 0 Å². The molecule has 1 saturated carbocycles. The zero-order valence-corrected chi connectivity index (χ0v) is 7.21. The number of carbonyl (C=O) groups is 1. The van der Waals surface area contributed by atoms with E-state index in [9.17, 15) is 4.79 Å². The molecule has 1 aliphatic carbocycles. The van der Waals surface area contributed by atoms with Crippen molar-refractivity contribution in [1.82, 2.24) is 0 Å². The van der Waals surface area contributed by atoms with Gasteiger partial charge in [0.25, 0.3) is 0 Å². The third-order valence-corrected chi connectivity index (χ3v) is 2.05. The third kappa shape index (κ3) is 2.93. The average molecular weight is 166 g/mol. The number of ether oxygens (including phenoxy) is 1. The largest absolute Gasteiger partial charge is 0.459 e. The molecule has 0 unspecified atom stereocenters. The summed E-state index contributed by atoms with van der Waals surface area (Å²) in [5.41, 5.74) is 2.41. The maximum absolute atomic E-state index is 10.9. The van der Waals surface area contributed by atoms with Crippen LogP contribution in [0.5, 0.6) is 0 Å². The molecule has 0 aliphatic heterocycles. The first-order valence-corrected chi connectivity index (χ1v) is 4.39. The normalized spacial score (nSPS) is 18.0. The molecule has 2 heteroatoms. The molecule has 2 nitrogen and oxygen atoms in total. The van der Waals surface area contributed by atoms with Crippen LogP contribution in [0.15, 0.2) is 18.4 Å². The van der Waals surface area contributed by atoms with Gasteiger partial charge >= 0.3 is 5.97 Å². The van der Waals surface area contributed by atoms with E-state index in [1.165, 1.54) is 25.3 Å². The lowest BCUT2D eigenvalue weighted by Crippen LogP contribution is -2.19. The van der Waals surface area contributed by atoms with E-state index in [-0.39, 0.29) is 12.1 Å². The number of esters is 1. The minimum Gasteiger partial charge on any atom is -0.459 e. The molecule has 0 saturated heterocycles. The molecule has 1 fully saturated rings. The molecule has 0 radical (unpaired) electrons. The van der Waals surface area contributed by atoms with E-state index in [1.54, 1.807) is 0 Å². The van der Waals surface area contributed by atoms with Crippen LogP contribution in [0.3, 0.4) is 0 Å². The lowest BCUT2D eigenvalue weighted by atomic mass is 9.98. The van der Waals surface area contributed by atoms with Crippen LogP contribution in [0.4, 0.5) is 0 Å². The second-order valence-corrected chi connectivity index (χ2v) is 3.05. The van der Waals surface area contributed by atoms with Crippen molar-refractivity contribution >= 4 is 5.97 Å². The number of carbonyl (C=O) groups excluding carboxylic acids is 1. The van der Waals surface area contributed by atoms with Gasteiger partial charge in [-0.2, -0.15) is 0 Å². The van der Waals surface area contributed by atoms with E-state index in [2.05, 4.69) is 12.3 Å². The Morgan fingerprint density at radius 2 is 2.08 bits per heavy atom. The van der Waals surface area contributed by atoms with Gasteiger partial charge < -0.3 is 4.74 Å². The standard InChI is InChI=1S/C10H14O2/c1-2-6-10(11)12-9-7-4-3-5-8-9/h6,9H,1,3-5,7-8H2. The van der Waals surface area contributed by atoms with Crippen LogP contribution in [0, 0.1) is 0 Å². The molecule has 0 heterocycles. The van der Waals surface area contributed by atoms with Gasteiger partial charge in [0.1, 0.15) is 6.10 Å². The van der Waals surface area contributed by atoms with Gasteiger partial charge in [0.05, 0.1) is 6.08 Å². The van der Waals surface area contributed by atoms with Crippen LogP contribution in [0.25, 0.3) is 0 Å². The molecule has 0 atom stereocenters. The fourth-order valence-electron chi connectivity index (χ4n) is 1.46. The topological polar surface area (TPSA) is 26.3 Å². The molecule has 0 aromatic carbocycles. The number of rotatable bonds is 2. The van der Waals surface area contributed by atoms with Gasteiger partial charge in [0.2, 0.25) is 0 Å². The van der Waals surface area contributed by atoms with E-state index < -0.39 is 0 Å². The SMILES string of the molecule is C=C=CC(=O)OC1CCCCC1. The fraction of sp³-hybridized carbons (Fsp3) is 0.600. The zero-order chi connectivity index (χ0) is 8.81. The summed E-state index contributed by atoms with van der Waals surface area (Å²) in [6.45, 7) is 3.31. The van der Waals surface area contributed by atoms with Crippen molar-refractivity contribution in [3.05, 3.63) is 18.4 Å². The molecule has 0 spiro atoms. The molecule has 0 amide bonds. The first kappa shape index (κ1) is 9.08. The van der Waals surface area contributed by atoms with Crippen molar-refractivity contribution in [1.29, 1.82) is 0 Å². The minimum absolute atomic E-state index is 0.135. The fourth-order valence-corrected chi connectivity index (χ4v) is 1.46. The first-order valence-electron chi connectivity index (χ1n) is 4.39. The van der Waals surface area contributed by atoms with Crippen LogP contribution in [0.2, 0.25) is 0 Å². The van der Waals surface area contributed by atoms with E-state index in [0.29, 0.717) is 0 Å². The van der Waals surface area contributed by atoms with Crippen molar-refractivity contribution in [3.63, 3.8) is 0 Å². The van der Waals surface area contributed by atoms with Gasteiger partial charge in [0.15, 0.2) is 0 Å². The number of hydrogen-bond acceptors (Lipinski definition) is 2. The summed E-state index contributed by atoms with van der Waals surface area (Å²) in [6, 6.07) is 0. The van der Waals surface area contributed by atoms with Gasteiger partial charge in [-0.3, -0.25) is 0 Å². The quantitative estimate of drug-likeness (QED) is 0.357. The number of hydrogen-bond donors (Lipinski definition) is 0. The minimum atomic E-state index is -0.308. The molecular formula is C10H14O2. The molecule has 0 N–H and O–H groups in total. The average Bonchev–Trinajstić information content (AvgIpc) is 2.06. The highest BCUT2D eigenvalue weighted by Crippen LogP contribution is 2.20. The lowest BCUT2D eigenvalue weighted by Gasteiger charge is -2.20. The Balaban J connectivity index is 2.29. The summed E-state index contributed by atoms with van der Waals surface area (Å²) in [5.74, 6) is -0.308. The summed E-state index contributed by atoms with van der Waals surface area (Å²) >= 11 is 0. The second kappa shape index (κ2) is 4.78. The van der Waals surface area contributed by atoms with E-state index in [1.807, 2.05) is 0 Å². The summed E-state index contributed by atoms with van der Waals surface area (Å²) in [4.78, 5) is 10.9. The molecule has 0 bridgehead atoms.